The highest BCUT2D eigenvalue weighted by Crippen LogP contribution is 2.36. The Morgan fingerprint density at radius 2 is 2.15 bits per heavy atom. The minimum atomic E-state index is 0.543. The number of aryl methyl sites for hydroxylation is 1. The zero-order valence-electron chi connectivity index (χ0n) is 13.1. The molecule has 0 bridgehead atoms. The fourth-order valence-electron chi connectivity index (χ4n) is 3.24. The van der Waals surface area contributed by atoms with Crippen LogP contribution < -0.4 is 5.32 Å². The van der Waals surface area contributed by atoms with E-state index in [-0.39, 0.29) is 0 Å². The van der Waals surface area contributed by atoms with Gasteiger partial charge in [-0.3, -0.25) is 4.90 Å². The number of halogens is 1. The molecule has 2 rings (SSSR count). The van der Waals surface area contributed by atoms with E-state index in [4.69, 9.17) is 0 Å². The zero-order valence-corrected chi connectivity index (χ0v) is 14.7. The summed E-state index contributed by atoms with van der Waals surface area (Å²) in [5.41, 5.74) is 2.79. The van der Waals surface area contributed by atoms with Gasteiger partial charge in [-0.15, -0.1) is 0 Å². The van der Waals surface area contributed by atoms with Crippen LogP contribution in [0, 0.1) is 12.8 Å². The number of nitrogens with one attached hydrogen (secondary N) is 1. The first-order valence-electron chi connectivity index (χ1n) is 7.68. The first-order valence-corrected chi connectivity index (χ1v) is 8.48. The molecule has 1 heterocycles. The Hall–Kier alpha value is -0.380. The molecule has 1 fully saturated rings. The SMILES string of the molecule is Cc1cc(C2C(CNC(C)C)CCCN2C)ccc1Br. The van der Waals surface area contributed by atoms with E-state index in [1.807, 2.05) is 0 Å². The smallest absolute Gasteiger partial charge is 0.0385 e. The first kappa shape index (κ1) is 16.0. The topological polar surface area (TPSA) is 15.3 Å². The summed E-state index contributed by atoms with van der Waals surface area (Å²) in [5, 5.41) is 3.63. The highest BCUT2D eigenvalue weighted by molar-refractivity contribution is 9.10. The van der Waals surface area contributed by atoms with Crippen LogP contribution in [-0.4, -0.2) is 31.1 Å². The Labute approximate surface area is 132 Å². The van der Waals surface area contributed by atoms with Crippen LogP contribution in [0.15, 0.2) is 22.7 Å². The van der Waals surface area contributed by atoms with E-state index in [2.05, 4.69) is 72.2 Å². The van der Waals surface area contributed by atoms with Gasteiger partial charge in [0.25, 0.3) is 0 Å². The van der Waals surface area contributed by atoms with Crippen molar-refractivity contribution in [3.8, 4) is 0 Å². The van der Waals surface area contributed by atoms with E-state index in [1.54, 1.807) is 0 Å². The van der Waals surface area contributed by atoms with Gasteiger partial charge in [0, 0.05) is 23.1 Å². The van der Waals surface area contributed by atoms with Crippen molar-refractivity contribution in [1.82, 2.24) is 10.2 Å². The molecule has 0 saturated carbocycles. The maximum atomic E-state index is 3.63. The molecular weight excluding hydrogens is 312 g/mol. The summed E-state index contributed by atoms with van der Waals surface area (Å²) < 4.78 is 1.21. The van der Waals surface area contributed by atoms with Gasteiger partial charge < -0.3 is 5.32 Å². The van der Waals surface area contributed by atoms with Gasteiger partial charge >= 0.3 is 0 Å². The van der Waals surface area contributed by atoms with Crippen molar-refractivity contribution in [2.24, 2.45) is 5.92 Å². The van der Waals surface area contributed by atoms with Gasteiger partial charge in [0.1, 0.15) is 0 Å². The van der Waals surface area contributed by atoms with Crippen LogP contribution in [0.25, 0.3) is 0 Å². The highest BCUT2D eigenvalue weighted by Gasteiger charge is 2.30. The van der Waals surface area contributed by atoms with Crippen LogP contribution in [0.5, 0.6) is 0 Å². The van der Waals surface area contributed by atoms with Crippen LogP contribution in [0.1, 0.15) is 43.9 Å². The van der Waals surface area contributed by atoms with Gasteiger partial charge in [0.15, 0.2) is 0 Å². The van der Waals surface area contributed by atoms with E-state index >= 15 is 0 Å². The molecule has 0 aromatic heterocycles. The largest absolute Gasteiger partial charge is 0.314 e. The van der Waals surface area contributed by atoms with Crippen LogP contribution in [0.2, 0.25) is 0 Å². The minimum Gasteiger partial charge on any atom is -0.314 e. The molecule has 0 aliphatic carbocycles. The Balaban J connectivity index is 2.20. The number of nitrogens with zero attached hydrogens (tertiary/aromatic N) is 1. The second-order valence-corrected chi connectivity index (χ2v) is 7.25. The molecule has 1 N–H and O–H groups in total. The van der Waals surface area contributed by atoms with E-state index < -0.39 is 0 Å². The van der Waals surface area contributed by atoms with Crippen molar-refractivity contribution in [2.75, 3.05) is 20.1 Å². The summed E-state index contributed by atoms with van der Waals surface area (Å²) in [7, 11) is 2.27. The molecule has 2 nitrogen and oxygen atoms in total. The zero-order chi connectivity index (χ0) is 14.7. The summed E-state index contributed by atoms with van der Waals surface area (Å²) in [4.78, 5) is 2.53. The van der Waals surface area contributed by atoms with Gasteiger partial charge in [0.2, 0.25) is 0 Å². The highest BCUT2D eigenvalue weighted by atomic mass is 79.9. The standard InChI is InChI=1S/C17H27BrN2/c1-12(2)19-11-15-6-5-9-20(4)17(15)14-7-8-16(18)13(3)10-14/h7-8,10,12,15,17,19H,5-6,9,11H2,1-4H3. The number of hydrogen-bond acceptors (Lipinski definition) is 2. The minimum absolute atomic E-state index is 0.543. The molecule has 0 radical (unpaired) electrons. The molecule has 0 amide bonds. The van der Waals surface area contributed by atoms with Crippen molar-refractivity contribution in [3.63, 3.8) is 0 Å². The molecule has 1 aromatic carbocycles. The summed E-state index contributed by atoms with van der Waals surface area (Å²) in [6.45, 7) is 8.95. The van der Waals surface area contributed by atoms with E-state index in [1.165, 1.54) is 35.0 Å². The molecule has 2 atom stereocenters. The lowest BCUT2D eigenvalue weighted by Crippen LogP contribution is -2.41. The fourth-order valence-corrected chi connectivity index (χ4v) is 3.49. The average molecular weight is 339 g/mol. The monoisotopic (exact) mass is 338 g/mol. The lowest BCUT2D eigenvalue weighted by atomic mass is 9.84. The second kappa shape index (κ2) is 7.06. The average Bonchev–Trinajstić information content (AvgIpc) is 2.40. The quantitative estimate of drug-likeness (QED) is 0.887. The second-order valence-electron chi connectivity index (χ2n) is 6.40. The Morgan fingerprint density at radius 3 is 2.80 bits per heavy atom. The number of piperidine rings is 1. The molecular formula is C17H27BrN2. The van der Waals surface area contributed by atoms with Crippen molar-refractivity contribution < 1.29 is 0 Å². The summed E-state index contributed by atoms with van der Waals surface area (Å²) in [5.74, 6) is 0.705. The van der Waals surface area contributed by atoms with Crippen LogP contribution >= 0.6 is 15.9 Å². The van der Waals surface area contributed by atoms with Crippen molar-refractivity contribution in [1.29, 1.82) is 0 Å². The van der Waals surface area contributed by atoms with Gasteiger partial charge in [-0.25, -0.2) is 0 Å². The number of benzene rings is 1. The molecule has 1 saturated heterocycles. The Morgan fingerprint density at radius 1 is 1.40 bits per heavy atom. The number of likely N-dealkylation sites (tertiary alicyclic amines) is 1. The van der Waals surface area contributed by atoms with Crippen molar-refractivity contribution in [3.05, 3.63) is 33.8 Å². The lowest BCUT2D eigenvalue weighted by Gasteiger charge is -2.40. The number of rotatable bonds is 4. The van der Waals surface area contributed by atoms with Crippen LogP contribution in [0.4, 0.5) is 0 Å². The van der Waals surface area contributed by atoms with Crippen LogP contribution in [-0.2, 0) is 0 Å². The molecule has 20 heavy (non-hydrogen) atoms. The molecule has 0 spiro atoms. The molecule has 112 valence electrons. The first-order chi connectivity index (χ1) is 9.49. The number of hydrogen-bond donors (Lipinski definition) is 1. The van der Waals surface area contributed by atoms with Crippen molar-refractivity contribution in [2.45, 2.75) is 45.7 Å². The van der Waals surface area contributed by atoms with E-state index in [0.29, 0.717) is 18.0 Å². The van der Waals surface area contributed by atoms with Crippen LogP contribution in [0.3, 0.4) is 0 Å². The molecule has 1 aliphatic rings. The third-order valence-corrected chi connectivity index (χ3v) is 5.21. The Bertz CT molecular complexity index is 445. The molecule has 1 aromatic rings. The van der Waals surface area contributed by atoms with Gasteiger partial charge in [-0.2, -0.15) is 0 Å². The maximum absolute atomic E-state index is 3.63. The van der Waals surface area contributed by atoms with Crippen molar-refractivity contribution >= 4 is 15.9 Å². The lowest BCUT2D eigenvalue weighted by molar-refractivity contribution is 0.118. The predicted octanol–water partition coefficient (Wildman–Crippen LogP) is 4.14. The normalized spacial score (nSPS) is 24.3. The molecule has 3 heteroatoms. The predicted molar refractivity (Wildman–Crippen MR) is 90.1 cm³/mol. The summed E-state index contributed by atoms with van der Waals surface area (Å²) in [6.07, 6.45) is 2.64. The summed E-state index contributed by atoms with van der Waals surface area (Å²) >= 11 is 3.61. The third-order valence-electron chi connectivity index (χ3n) is 4.32. The van der Waals surface area contributed by atoms with E-state index in [9.17, 15) is 0 Å². The van der Waals surface area contributed by atoms with Gasteiger partial charge in [-0.05, 0) is 56.5 Å². The molecule has 2 unspecified atom stereocenters. The maximum Gasteiger partial charge on any atom is 0.0385 e. The summed E-state index contributed by atoms with van der Waals surface area (Å²) in [6, 6.07) is 7.93. The van der Waals surface area contributed by atoms with E-state index in [0.717, 1.165) is 6.54 Å². The Kier molecular flexibility index (Phi) is 5.65. The fraction of sp³-hybridized carbons (Fsp3) is 0.647. The third kappa shape index (κ3) is 3.84. The van der Waals surface area contributed by atoms with Gasteiger partial charge in [0.05, 0.1) is 0 Å². The van der Waals surface area contributed by atoms with Gasteiger partial charge in [-0.1, -0.05) is 41.9 Å². The molecule has 1 aliphatic heterocycles.